The summed E-state index contributed by atoms with van der Waals surface area (Å²) in [6.45, 7) is 1.54. The van der Waals surface area contributed by atoms with Gasteiger partial charge in [0, 0.05) is 17.3 Å². The van der Waals surface area contributed by atoms with Crippen molar-refractivity contribution < 1.29 is 13.7 Å². The van der Waals surface area contributed by atoms with Crippen molar-refractivity contribution >= 4 is 34.2 Å². The van der Waals surface area contributed by atoms with Gasteiger partial charge in [-0.2, -0.15) is 0 Å². The lowest BCUT2D eigenvalue weighted by Gasteiger charge is -2.11. The van der Waals surface area contributed by atoms with Crippen molar-refractivity contribution in [3.63, 3.8) is 0 Å². The largest absolute Gasteiger partial charge is 0.755 e. The number of nitro groups is 1. The van der Waals surface area contributed by atoms with Crippen LogP contribution in [0.15, 0.2) is 12.1 Å². The maximum atomic E-state index is 10.5. The molecule has 0 aliphatic carbocycles. The summed E-state index contributed by atoms with van der Waals surface area (Å²) in [5.74, 6) is 0. The van der Waals surface area contributed by atoms with Crippen LogP contribution in [0.4, 0.5) is 11.4 Å². The van der Waals surface area contributed by atoms with Crippen LogP contribution in [0.1, 0.15) is 5.56 Å². The highest BCUT2D eigenvalue weighted by atomic mass is 35.5. The van der Waals surface area contributed by atoms with Crippen LogP contribution in [0, 0.1) is 17.0 Å². The number of aryl methyl sites for hydroxylation is 1. The molecular formula is C7H6ClN2O4S-. The van der Waals surface area contributed by atoms with Crippen molar-refractivity contribution in [1.82, 2.24) is 0 Å². The number of nitrogens with zero attached hydrogens (tertiary/aromatic N) is 1. The molecule has 0 fully saturated rings. The Morgan fingerprint density at radius 2 is 2.13 bits per heavy atom. The predicted molar refractivity (Wildman–Crippen MR) is 55.4 cm³/mol. The monoisotopic (exact) mass is 249 g/mol. The Labute approximate surface area is 92.8 Å². The zero-order chi connectivity index (χ0) is 11.6. The van der Waals surface area contributed by atoms with E-state index in [4.69, 9.17) is 11.6 Å². The third-order valence-electron chi connectivity index (χ3n) is 1.68. The Balaban J connectivity index is 3.19. The quantitative estimate of drug-likeness (QED) is 0.502. The smallest absolute Gasteiger partial charge is 0.288 e. The molecule has 0 saturated carbocycles. The van der Waals surface area contributed by atoms with E-state index in [9.17, 15) is 18.9 Å². The molecule has 1 aromatic carbocycles. The van der Waals surface area contributed by atoms with Gasteiger partial charge in [-0.25, -0.2) is 0 Å². The fourth-order valence-electron chi connectivity index (χ4n) is 1.01. The summed E-state index contributed by atoms with van der Waals surface area (Å²) in [5.41, 5.74) is 0.394. The van der Waals surface area contributed by atoms with Crippen LogP contribution in [0.3, 0.4) is 0 Å². The van der Waals surface area contributed by atoms with Gasteiger partial charge in [-0.05, 0) is 18.6 Å². The van der Waals surface area contributed by atoms with Crippen molar-refractivity contribution in [3.05, 3.63) is 32.8 Å². The van der Waals surface area contributed by atoms with Crippen LogP contribution < -0.4 is 4.72 Å². The molecule has 0 aliphatic rings. The second kappa shape index (κ2) is 4.56. The molecule has 0 saturated heterocycles. The van der Waals surface area contributed by atoms with Gasteiger partial charge >= 0.3 is 0 Å². The molecule has 15 heavy (non-hydrogen) atoms. The number of nitrogens with one attached hydrogen (secondary N) is 1. The number of hydrogen-bond donors (Lipinski definition) is 1. The number of benzene rings is 1. The molecule has 1 unspecified atom stereocenters. The van der Waals surface area contributed by atoms with Crippen LogP contribution in [0.25, 0.3) is 0 Å². The number of rotatable bonds is 3. The number of nitro benzene ring substituents is 1. The Morgan fingerprint density at radius 1 is 1.53 bits per heavy atom. The Bertz CT molecular complexity index is 437. The summed E-state index contributed by atoms with van der Waals surface area (Å²) in [6, 6.07) is 2.41. The lowest BCUT2D eigenvalue weighted by atomic mass is 10.2. The molecule has 0 amide bonds. The summed E-state index contributed by atoms with van der Waals surface area (Å²) in [4.78, 5) is 9.85. The fourth-order valence-corrected chi connectivity index (χ4v) is 1.64. The van der Waals surface area contributed by atoms with Crippen LogP contribution in [-0.4, -0.2) is 13.7 Å². The maximum absolute atomic E-state index is 10.5. The summed E-state index contributed by atoms with van der Waals surface area (Å²) < 4.78 is 22.8. The average molecular weight is 250 g/mol. The molecule has 1 aromatic rings. The van der Waals surface area contributed by atoms with Gasteiger partial charge < -0.3 is 9.27 Å². The van der Waals surface area contributed by atoms with Gasteiger partial charge in [-0.3, -0.25) is 14.3 Å². The second-order valence-electron chi connectivity index (χ2n) is 2.71. The average Bonchev–Trinajstić information content (AvgIpc) is 2.09. The molecule has 0 aliphatic heterocycles. The SMILES string of the molecule is Cc1cc([N+](=O)[O-])c(Cl)cc1NS(=O)[O-]. The molecule has 0 aromatic heterocycles. The molecule has 0 spiro atoms. The van der Waals surface area contributed by atoms with E-state index >= 15 is 0 Å². The first-order chi connectivity index (χ1) is 6.91. The molecule has 1 rings (SSSR count). The van der Waals surface area contributed by atoms with Gasteiger partial charge in [0.15, 0.2) is 0 Å². The van der Waals surface area contributed by atoms with Crippen LogP contribution in [0.5, 0.6) is 0 Å². The predicted octanol–water partition coefficient (Wildman–Crippen LogP) is 1.76. The molecule has 6 nitrogen and oxygen atoms in total. The van der Waals surface area contributed by atoms with Gasteiger partial charge in [-0.1, -0.05) is 11.6 Å². The first-order valence-electron chi connectivity index (χ1n) is 3.72. The van der Waals surface area contributed by atoms with E-state index in [0.29, 0.717) is 5.56 Å². The molecule has 8 heteroatoms. The zero-order valence-corrected chi connectivity index (χ0v) is 9.09. The lowest BCUT2D eigenvalue weighted by molar-refractivity contribution is -0.384. The van der Waals surface area contributed by atoms with E-state index in [2.05, 4.69) is 4.72 Å². The standard InChI is InChI=1S/C7H7ClN2O4S/c1-4-2-7(10(11)12)5(8)3-6(4)9-15(13)14/h2-3,9H,1H3,(H,13,14)/p-1. The van der Waals surface area contributed by atoms with Crippen molar-refractivity contribution in [2.24, 2.45) is 0 Å². The molecule has 1 N–H and O–H groups in total. The first-order valence-corrected chi connectivity index (χ1v) is 5.17. The summed E-state index contributed by atoms with van der Waals surface area (Å²) in [7, 11) is 0. The third-order valence-corrected chi connectivity index (χ3v) is 2.37. The van der Waals surface area contributed by atoms with Crippen molar-refractivity contribution in [2.75, 3.05) is 4.72 Å². The van der Waals surface area contributed by atoms with Gasteiger partial charge in [0.1, 0.15) is 5.02 Å². The van der Waals surface area contributed by atoms with Crippen molar-refractivity contribution in [3.8, 4) is 0 Å². The Hall–Kier alpha value is -1.18. The first kappa shape index (κ1) is 11.9. The van der Waals surface area contributed by atoms with Crippen LogP contribution in [-0.2, 0) is 11.3 Å². The van der Waals surface area contributed by atoms with E-state index in [-0.39, 0.29) is 16.4 Å². The number of halogens is 1. The van der Waals surface area contributed by atoms with E-state index in [1.807, 2.05) is 0 Å². The molecule has 1 atom stereocenters. The molecule has 0 heterocycles. The van der Waals surface area contributed by atoms with Crippen LogP contribution in [0.2, 0.25) is 5.02 Å². The topological polar surface area (TPSA) is 95.3 Å². The Morgan fingerprint density at radius 3 is 2.60 bits per heavy atom. The van der Waals surface area contributed by atoms with E-state index in [1.54, 1.807) is 6.92 Å². The van der Waals surface area contributed by atoms with Crippen molar-refractivity contribution in [1.29, 1.82) is 0 Å². The highest BCUT2D eigenvalue weighted by molar-refractivity contribution is 7.80. The zero-order valence-electron chi connectivity index (χ0n) is 7.52. The van der Waals surface area contributed by atoms with E-state index < -0.39 is 16.2 Å². The third kappa shape index (κ3) is 2.88. The number of anilines is 1. The lowest BCUT2D eigenvalue weighted by Crippen LogP contribution is -2.04. The summed E-state index contributed by atoms with van der Waals surface area (Å²) >= 11 is 3.12. The highest BCUT2D eigenvalue weighted by Crippen LogP contribution is 2.30. The fraction of sp³-hybridized carbons (Fsp3) is 0.143. The van der Waals surface area contributed by atoms with Gasteiger partial charge in [0.25, 0.3) is 5.69 Å². The molecule has 82 valence electrons. The minimum Gasteiger partial charge on any atom is -0.755 e. The normalized spacial score (nSPS) is 12.2. The van der Waals surface area contributed by atoms with Gasteiger partial charge in [0.2, 0.25) is 0 Å². The van der Waals surface area contributed by atoms with Crippen LogP contribution >= 0.6 is 11.6 Å². The summed E-state index contributed by atoms with van der Waals surface area (Å²) in [6.07, 6.45) is 0. The van der Waals surface area contributed by atoms with Gasteiger partial charge in [0.05, 0.1) is 10.6 Å². The second-order valence-corrected chi connectivity index (χ2v) is 3.79. The minimum atomic E-state index is -2.48. The highest BCUT2D eigenvalue weighted by Gasteiger charge is 2.14. The van der Waals surface area contributed by atoms with E-state index in [1.165, 1.54) is 12.1 Å². The molecular weight excluding hydrogens is 244 g/mol. The van der Waals surface area contributed by atoms with Gasteiger partial charge in [-0.15, -0.1) is 0 Å². The van der Waals surface area contributed by atoms with Crippen molar-refractivity contribution in [2.45, 2.75) is 6.92 Å². The molecule has 0 radical (unpaired) electrons. The minimum absolute atomic E-state index is 0.112. The summed E-state index contributed by atoms with van der Waals surface area (Å²) in [5, 5.41) is 10.4. The number of hydrogen-bond acceptors (Lipinski definition) is 4. The Kier molecular flexibility index (Phi) is 3.61. The molecule has 0 bridgehead atoms. The van der Waals surface area contributed by atoms with E-state index in [0.717, 1.165) is 0 Å². The maximum Gasteiger partial charge on any atom is 0.288 e.